The van der Waals surface area contributed by atoms with E-state index in [0.29, 0.717) is 22.7 Å². The number of aromatic nitrogens is 1. The molecule has 0 radical (unpaired) electrons. The highest BCUT2D eigenvalue weighted by Gasteiger charge is 2.25. The number of carbonyl (C=O) groups is 2. The third-order valence-corrected chi connectivity index (χ3v) is 4.86. The summed E-state index contributed by atoms with van der Waals surface area (Å²) in [5, 5.41) is 2.81. The quantitative estimate of drug-likeness (QED) is 0.786. The van der Waals surface area contributed by atoms with Gasteiger partial charge in [0.15, 0.2) is 0 Å². The van der Waals surface area contributed by atoms with Crippen molar-refractivity contribution in [3.8, 4) is 0 Å². The molecule has 1 unspecified atom stereocenters. The SMILES string of the molecule is CC(N)C1CCN(C(=O)c2cccc(NC(=O)c3cccnc3)c2)CC1.Cl.Cl. The molecule has 1 aromatic heterocycles. The molecule has 0 aliphatic carbocycles. The van der Waals surface area contributed by atoms with Crippen LogP contribution >= 0.6 is 24.8 Å². The average Bonchev–Trinajstić information content (AvgIpc) is 2.68. The van der Waals surface area contributed by atoms with Crippen molar-refractivity contribution in [3.05, 3.63) is 59.9 Å². The van der Waals surface area contributed by atoms with E-state index >= 15 is 0 Å². The number of piperidine rings is 1. The van der Waals surface area contributed by atoms with Crippen LogP contribution in [-0.4, -0.2) is 40.8 Å². The Morgan fingerprint density at radius 2 is 1.82 bits per heavy atom. The largest absolute Gasteiger partial charge is 0.339 e. The van der Waals surface area contributed by atoms with E-state index in [9.17, 15) is 9.59 Å². The van der Waals surface area contributed by atoms with Crippen LogP contribution in [0.5, 0.6) is 0 Å². The molecule has 6 nitrogen and oxygen atoms in total. The van der Waals surface area contributed by atoms with Crippen molar-refractivity contribution in [2.24, 2.45) is 11.7 Å². The van der Waals surface area contributed by atoms with E-state index in [2.05, 4.69) is 10.3 Å². The molecule has 1 aliphatic heterocycles. The number of nitrogens with two attached hydrogens (primary N) is 1. The second kappa shape index (κ2) is 11.0. The van der Waals surface area contributed by atoms with E-state index in [1.807, 2.05) is 11.8 Å². The van der Waals surface area contributed by atoms with Gasteiger partial charge < -0.3 is 16.0 Å². The van der Waals surface area contributed by atoms with Crippen molar-refractivity contribution >= 4 is 42.3 Å². The molecule has 2 heterocycles. The van der Waals surface area contributed by atoms with Crippen molar-refractivity contribution in [2.75, 3.05) is 18.4 Å². The van der Waals surface area contributed by atoms with Crippen LogP contribution in [-0.2, 0) is 0 Å². The van der Waals surface area contributed by atoms with Gasteiger partial charge in [0.1, 0.15) is 0 Å². The van der Waals surface area contributed by atoms with Crippen molar-refractivity contribution in [1.82, 2.24) is 9.88 Å². The van der Waals surface area contributed by atoms with Gasteiger partial charge in [0.05, 0.1) is 5.56 Å². The second-order valence-electron chi connectivity index (χ2n) is 6.77. The van der Waals surface area contributed by atoms with Crippen LogP contribution in [0.4, 0.5) is 5.69 Å². The summed E-state index contributed by atoms with van der Waals surface area (Å²) in [4.78, 5) is 30.8. The van der Waals surface area contributed by atoms with Crippen LogP contribution in [0.3, 0.4) is 0 Å². The van der Waals surface area contributed by atoms with Crippen LogP contribution < -0.4 is 11.1 Å². The van der Waals surface area contributed by atoms with E-state index in [4.69, 9.17) is 5.73 Å². The van der Waals surface area contributed by atoms with Crippen molar-refractivity contribution in [2.45, 2.75) is 25.8 Å². The van der Waals surface area contributed by atoms with Crippen molar-refractivity contribution < 1.29 is 9.59 Å². The Morgan fingerprint density at radius 3 is 2.43 bits per heavy atom. The van der Waals surface area contributed by atoms with Gasteiger partial charge in [-0.15, -0.1) is 24.8 Å². The molecule has 1 aromatic carbocycles. The van der Waals surface area contributed by atoms with Gasteiger partial charge >= 0.3 is 0 Å². The molecule has 1 saturated heterocycles. The van der Waals surface area contributed by atoms with E-state index in [0.717, 1.165) is 25.9 Å². The van der Waals surface area contributed by atoms with Crippen molar-refractivity contribution in [3.63, 3.8) is 0 Å². The molecule has 1 atom stereocenters. The number of carbonyl (C=O) groups excluding carboxylic acids is 2. The minimum absolute atomic E-state index is 0. The van der Waals surface area contributed by atoms with Gasteiger partial charge in [-0.05, 0) is 56.0 Å². The molecule has 152 valence electrons. The second-order valence-corrected chi connectivity index (χ2v) is 6.77. The topological polar surface area (TPSA) is 88.3 Å². The molecule has 1 fully saturated rings. The Hall–Kier alpha value is -2.15. The zero-order valence-electron chi connectivity index (χ0n) is 15.7. The Kier molecular flexibility index (Phi) is 9.38. The Balaban J connectivity index is 0.00000196. The van der Waals surface area contributed by atoms with Crippen LogP contribution in [0.15, 0.2) is 48.8 Å². The lowest BCUT2D eigenvalue weighted by Gasteiger charge is -2.33. The van der Waals surface area contributed by atoms with Crippen LogP contribution in [0.25, 0.3) is 0 Å². The zero-order chi connectivity index (χ0) is 18.5. The summed E-state index contributed by atoms with van der Waals surface area (Å²) >= 11 is 0. The van der Waals surface area contributed by atoms with Crippen LogP contribution in [0, 0.1) is 5.92 Å². The van der Waals surface area contributed by atoms with Gasteiger partial charge in [0, 0.05) is 42.8 Å². The van der Waals surface area contributed by atoms with Gasteiger partial charge in [-0.2, -0.15) is 0 Å². The highest BCUT2D eigenvalue weighted by Crippen LogP contribution is 2.22. The summed E-state index contributed by atoms with van der Waals surface area (Å²) in [6.45, 7) is 3.46. The molecule has 28 heavy (non-hydrogen) atoms. The molecule has 3 N–H and O–H groups in total. The van der Waals surface area contributed by atoms with E-state index in [-0.39, 0.29) is 42.7 Å². The number of benzene rings is 1. The lowest BCUT2D eigenvalue weighted by molar-refractivity contribution is 0.0681. The minimum atomic E-state index is -0.250. The number of nitrogens with one attached hydrogen (secondary N) is 1. The highest BCUT2D eigenvalue weighted by molar-refractivity contribution is 6.04. The number of nitrogens with zero attached hydrogens (tertiary/aromatic N) is 2. The number of pyridine rings is 1. The summed E-state index contributed by atoms with van der Waals surface area (Å²) in [7, 11) is 0. The highest BCUT2D eigenvalue weighted by atomic mass is 35.5. The fourth-order valence-electron chi connectivity index (χ4n) is 3.24. The summed E-state index contributed by atoms with van der Waals surface area (Å²) in [6.07, 6.45) is 4.99. The number of anilines is 1. The van der Waals surface area contributed by atoms with Gasteiger partial charge in [0.2, 0.25) is 0 Å². The lowest BCUT2D eigenvalue weighted by Crippen LogP contribution is -2.42. The van der Waals surface area contributed by atoms with Gasteiger partial charge in [-0.1, -0.05) is 6.07 Å². The van der Waals surface area contributed by atoms with Crippen molar-refractivity contribution in [1.29, 1.82) is 0 Å². The number of halogens is 2. The lowest BCUT2D eigenvalue weighted by atomic mass is 9.90. The first kappa shape index (κ1) is 23.9. The Morgan fingerprint density at radius 1 is 1.14 bits per heavy atom. The fourth-order valence-corrected chi connectivity index (χ4v) is 3.24. The van der Waals surface area contributed by atoms with Crippen LogP contribution in [0.1, 0.15) is 40.5 Å². The maximum absolute atomic E-state index is 12.8. The molecule has 0 spiro atoms. The molecule has 1 aliphatic rings. The molecule has 2 amide bonds. The van der Waals surface area contributed by atoms with Gasteiger partial charge in [0.25, 0.3) is 11.8 Å². The minimum Gasteiger partial charge on any atom is -0.339 e. The first-order valence-corrected chi connectivity index (χ1v) is 8.91. The molecule has 8 heteroatoms. The maximum Gasteiger partial charge on any atom is 0.257 e. The molecule has 3 rings (SSSR count). The normalized spacial score (nSPS) is 15.0. The molecule has 0 bridgehead atoms. The van der Waals surface area contributed by atoms with E-state index in [1.165, 1.54) is 6.20 Å². The molecular weight excluding hydrogens is 399 g/mol. The third kappa shape index (κ3) is 5.92. The molecule has 0 saturated carbocycles. The van der Waals surface area contributed by atoms with Crippen LogP contribution in [0.2, 0.25) is 0 Å². The maximum atomic E-state index is 12.8. The summed E-state index contributed by atoms with van der Waals surface area (Å²) in [5.41, 5.74) is 7.61. The fraction of sp³-hybridized carbons (Fsp3) is 0.350. The first-order chi connectivity index (χ1) is 12.5. The average molecular weight is 425 g/mol. The molecule has 2 aromatic rings. The number of rotatable bonds is 4. The zero-order valence-corrected chi connectivity index (χ0v) is 17.3. The number of likely N-dealkylation sites (tertiary alicyclic amines) is 1. The van der Waals surface area contributed by atoms with Gasteiger partial charge in [-0.25, -0.2) is 0 Å². The Labute approximate surface area is 177 Å². The van der Waals surface area contributed by atoms with Gasteiger partial charge in [-0.3, -0.25) is 14.6 Å². The predicted molar refractivity (Wildman–Crippen MR) is 115 cm³/mol. The van der Waals surface area contributed by atoms with E-state index < -0.39 is 0 Å². The Bertz CT molecular complexity index is 779. The standard InChI is InChI=1S/C20H24N4O2.2ClH/c1-14(21)15-7-10-24(11-8-15)20(26)16-4-2-6-18(12-16)23-19(25)17-5-3-9-22-13-17;;/h2-6,9,12-15H,7-8,10-11,21H2,1H3,(H,23,25);2*1H. The van der Waals surface area contributed by atoms with E-state index in [1.54, 1.807) is 42.6 Å². The molecular formula is C20H26Cl2N4O2. The number of amides is 2. The number of hydrogen-bond acceptors (Lipinski definition) is 4. The number of hydrogen-bond donors (Lipinski definition) is 2. The summed E-state index contributed by atoms with van der Waals surface area (Å²) in [5.74, 6) is 0.218. The summed E-state index contributed by atoms with van der Waals surface area (Å²) in [6, 6.07) is 10.6. The summed E-state index contributed by atoms with van der Waals surface area (Å²) < 4.78 is 0. The third-order valence-electron chi connectivity index (χ3n) is 4.86. The smallest absolute Gasteiger partial charge is 0.257 e. The first-order valence-electron chi connectivity index (χ1n) is 8.91. The monoisotopic (exact) mass is 424 g/mol. The predicted octanol–water partition coefficient (Wildman–Crippen LogP) is 3.38.